The summed E-state index contributed by atoms with van der Waals surface area (Å²) in [6.45, 7) is 0. The van der Waals surface area contributed by atoms with Crippen LogP contribution in [0.3, 0.4) is 0 Å². The lowest BCUT2D eigenvalue weighted by Crippen LogP contribution is -1.86. The summed E-state index contributed by atoms with van der Waals surface area (Å²) in [6, 6.07) is 3.05. The fourth-order valence-electron chi connectivity index (χ4n) is 0.501. The largest absolute Gasteiger partial charge is 0.230 e. The summed E-state index contributed by atoms with van der Waals surface area (Å²) in [4.78, 5) is 3.31. The van der Waals surface area contributed by atoms with Crippen molar-refractivity contribution in [3.63, 3.8) is 0 Å². The Morgan fingerprint density at radius 1 is 1.70 bits per heavy atom. The van der Waals surface area contributed by atoms with Gasteiger partial charge in [-0.05, 0) is 22.0 Å². The van der Waals surface area contributed by atoms with Crippen molar-refractivity contribution in [1.82, 2.24) is 4.98 Å². The van der Waals surface area contributed by atoms with Gasteiger partial charge in [-0.2, -0.15) is 9.65 Å². The number of hydrogen-bond acceptors (Lipinski definition) is 2. The van der Waals surface area contributed by atoms with E-state index in [4.69, 9.17) is 5.26 Å². The van der Waals surface area contributed by atoms with Crippen molar-refractivity contribution >= 4 is 15.9 Å². The van der Waals surface area contributed by atoms with E-state index in [9.17, 15) is 4.39 Å². The zero-order valence-corrected chi connectivity index (χ0v) is 6.39. The molecule has 0 bridgehead atoms. The molecule has 0 unspecified atom stereocenters. The topological polar surface area (TPSA) is 36.7 Å². The fraction of sp³-hybridized carbons (Fsp3) is 0. The fourth-order valence-corrected chi connectivity index (χ4v) is 0.832. The Hall–Kier alpha value is -0.950. The van der Waals surface area contributed by atoms with E-state index in [1.54, 1.807) is 6.07 Å². The number of hydrogen-bond donors (Lipinski definition) is 0. The molecule has 0 fully saturated rings. The molecular formula is C6H2BrFN2. The van der Waals surface area contributed by atoms with Crippen molar-refractivity contribution in [1.29, 1.82) is 5.26 Å². The van der Waals surface area contributed by atoms with Crippen LogP contribution >= 0.6 is 15.9 Å². The van der Waals surface area contributed by atoms with Gasteiger partial charge < -0.3 is 0 Å². The van der Waals surface area contributed by atoms with E-state index >= 15 is 0 Å². The van der Waals surface area contributed by atoms with E-state index in [0.29, 0.717) is 4.47 Å². The lowest BCUT2D eigenvalue weighted by molar-refractivity contribution is 0.579. The van der Waals surface area contributed by atoms with Gasteiger partial charge in [0, 0.05) is 10.7 Å². The van der Waals surface area contributed by atoms with Crippen LogP contribution in [0.15, 0.2) is 16.7 Å². The Morgan fingerprint density at radius 3 is 2.90 bits per heavy atom. The van der Waals surface area contributed by atoms with E-state index in [1.165, 1.54) is 12.3 Å². The monoisotopic (exact) mass is 200 g/mol. The average Bonchev–Trinajstić information content (AvgIpc) is 1.94. The molecule has 0 N–H and O–H groups in total. The summed E-state index contributed by atoms with van der Waals surface area (Å²) in [5, 5.41) is 8.29. The molecule has 0 aliphatic carbocycles. The maximum absolute atomic E-state index is 12.4. The molecule has 0 aromatic carbocycles. The maximum atomic E-state index is 12.4. The minimum absolute atomic E-state index is 0.0469. The quantitative estimate of drug-likeness (QED) is 0.600. The minimum Gasteiger partial charge on any atom is -0.226 e. The van der Waals surface area contributed by atoms with Gasteiger partial charge in [0.15, 0.2) is 0 Å². The van der Waals surface area contributed by atoms with Crippen LogP contribution in [0.5, 0.6) is 0 Å². The predicted octanol–water partition coefficient (Wildman–Crippen LogP) is 1.85. The van der Waals surface area contributed by atoms with Crippen molar-refractivity contribution in [2.45, 2.75) is 0 Å². The normalized spacial score (nSPS) is 8.90. The summed E-state index contributed by atoms with van der Waals surface area (Å²) in [7, 11) is 0. The third-order valence-corrected chi connectivity index (χ3v) is 1.36. The molecule has 10 heavy (non-hydrogen) atoms. The molecule has 4 heteroatoms. The van der Waals surface area contributed by atoms with Gasteiger partial charge in [0.1, 0.15) is 11.6 Å². The van der Waals surface area contributed by atoms with Crippen LogP contribution in [-0.2, 0) is 0 Å². The summed E-state index contributed by atoms with van der Waals surface area (Å²) in [5.41, 5.74) is -0.0469. The van der Waals surface area contributed by atoms with Crippen molar-refractivity contribution in [2.24, 2.45) is 0 Å². The highest BCUT2D eigenvalue weighted by Gasteiger charge is 2.00. The first-order chi connectivity index (χ1) is 4.74. The average molecular weight is 201 g/mol. The molecule has 50 valence electrons. The molecule has 0 aliphatic rings. The highest BCUT2D eigenvalue weighted by molar-refractivity contribution is 9.10. The summed E-state index contributed by atoms with van der Waals surface area (Å²) in [5.74, 6) is -0.731. The van der Waals surface area contributed by atoms with E-state index in [-0.39, 0.29) is 5.56 Å². The van der Waals surface area contributed by atoms with Crippen LogP contribution in [0, 0.1) is 17.3 Å². The number of aromatic nitrogens is 1. The van der Waals surface area contributed by atoms with Gasteiger partial charge in [-0.3, -0.25) is 0 Å². The Balaban J connectivity index is 3.25. The number of nitrogens with zero attached hydrogens (tertiary/aromatic N) is 2. The molecular weight excluding hydrogens is 199 g/mol. The molecule has 1 aromatic heterocycles. The zero-order valence-electron chi connectivity index (χ0n) is 4.81. The van der Waals surface area contributed by atoms with Crippen LogP contribution in [0.4, 0.5) is 4.39 Å². The smallest absolute Gasteiger partial charge is 0.226 e. The highest BCUT2D eigenvalue weighted by Crippen LogP contribution is 2.11. The Bertz CT molecular complexity index is 292. The predicted molar refractivity (Wildman–Crippen MR) is 36.6 cm³/mol. The minimum atomic E-state index is -0.731. The van der Waals surface area contributed by atoms with Gasteiger partial charge in [0.25, 0.3) is 0 Å². The van der Waals surface area contributed by atoms with Crippen molar-refractivity contribution in [3.8, 4) is 6.07 Å². The molecule has 0 saturated carbocycles. The molecule has 0 amide bonds. The van der Waals surface area contributed by atoms with Crippen LogP contribution < -0.4 is 0 Å². The van der Waals surface area contributed by atoms with Gasteiger partial charge in [-0.25, -0.2) is 4.98 Å². The molecule has 0 aliphatic heterocycles. The standard InChI is InChI=1S/C6H2BrFN2/c7-5-1-4(2-9)6(8)10-3-5/h1,3H. The molecule has 2 nitrogen and oxygen atoms in total. The summed E-state index contributed by atoms with van der Waals surface area (Å²) in [6.07, 6.45) is 1.30. The Morgan fingerprint density at radius 2 is 2.40 bits per heavy atom. The number of halogens is 2. The second-order valence-electron chi connectivity index (χ2n) is 1.60. The first-order valence-corrected chi connectivity index (χ1v) is 3.24. The third kappa shape index (κ3) is 1.31. The second kappa shape index (κ2) is 2.76. The number of nitriles is 1. The Labute approximate surface area is 65.4 Å². The first-order valence-electron chi connectivity index (χ1n) is 2.45. The first kappa shape index (κ1) is 7.16. The van der Waals surface area contributed by atoms with Crippen molar-refractivity contribution in [2.75, 3.05) is 0 Å². The van der Waals surface area contributed by atoms with Gasteiger partial charge >= 0.3 is 0 Å². The molecule has 0 radical (unpaired) electrons. The summed E-state index contributed by atoms with van der Waals surface area (Å²) >= 11 is 3.06. The molecule has 0 spiro atoms. The second-order valence-corrected chi connectivity index (χ2v) is 2.52. The SMILES string of the molecule is N#Cc1cc(Br)cnc1F. The zero-order chi connectivity index (χ0) is 7.56. The third-order valence-electron chi connectivity index (χ3n) is 0.926. The van der Waals surface area contributed by atoms with Crippen molar-refractivity contribution < 1.29 is 4.39 Å². The van der Waals surface area contributed by atoms with Crippen LogP contribution in [-0.4, -0.2) is 4.98 Å². The number of pyridine rings is 1. The summed E-state index contributed by atoms with van der Waals surface area (Å²) < 4.78 is 13.0. The van der Waals surface area contributed by atoms with Gasteiger partial charge in [-0.15, -0.1) is 0 Å². The van der Waals surface area contributed by atoms with E-state index in [1.807, 2.05) is 0 Å². The maximum Gasteiger partial charge on any atom is 0.230 e. The van der Waals surface area contributed by atoms with Crippen LogP contribution in [0.2, 0.25) is 0 Å². The van der Waals surface area contributed by atoms with E-state index in [2.05, 4.69) is 20.9 Å². The Kier molecular flexibility index (Phi) is 1.97. The lowest BCUT2D eigenvalue weighted by atomic mass is 10.3. The molecule has 1 heterocycles. The highest BCUT2D eigenvalue weighted by atomic mass is 79.9. The van der Waals surface area contributed by atoms with Crippen molar-refractivity contribution in [3.05, 3.63) is 28.2 Å². The van der Waals surface area contributed by atoms with E-state index < -0.39 is 5.95 Å². The molecule has 1 rings (SSSR count). The lowest BCUT2D eigenvalue weighted by Gasteiger charge is -1.90. The van der Waals surface area contributed by atoms with Crippen LogP contribution in [0.1, 0.15) is 5.56 Å². The van der Waals surface area contributed by atoms with Gasteiger partial charge in [0.05, 0.1) is 0 Å². The van der Waals surface area contributed by atoms with Gasteiger partial charge in [-0.1, -0.05) is 0 Å². The molecule has 0 saturated heterocycles. The van der Waals surface area contributed by atoms with Crippen LogP contribution in [0.25, 0.3) is 0 Å². The van der Waals surface area contributed by atoms with Gasteiger partial charge in [0.2, 0.25) is 5.95 Å². The molecule has 0 atom stereocenters. The molecule has 1 aromatic rings. The van der Waals surface area contributed by atoms with E-state index in [0.717, 1.165) is 0 Å². The number of rotatable bonds is 0.